The fraction of sp³-hybridized carbons (Fsp3) is 0.667. The number of aromatic nitrogens is 2. The van der Waals surface area contributed by atoms with Crippen LogP contribution in [0.25, 0.3) is 0 Å². The van der Waals surface area contributed by atoms with Crippen molar-refractivity contribution >= 4 is 15.9 Å². The number of sulfonamides is 1. The van der Waals surface area contributed by atoms with Crippen molar-refractivity contribution in [2.45, 2.75) is 45.2 Å². The van der Waals surface area contributed by atoms with Crippen LogP contribution in [0.5, 0.6) is 0 Å². The Balaban J connectivity index is 2.05. The van der Waals surface area contributed by atoms with Crippen molar-refractivity contribution in [1.82, 2.24) is 19.2 Å². The van der Waals surface area contributed by atoms with Crippen molar-refractivity contribution in [2.75, 3.05) is 19.3 Å². The molecule has 0 spiro atoms. The molecule has 2 rings (SSSR count). The maximum Gasteiger partial charge on any atom is 0.241 e. The van der Waals surface area contributed by atoms with Gasteiger partial charge in [0.15, 0.2) is 0 Å². The minimum atomic E-state index is -3.36. The third-order valence-electron chi connectivity index (χ3n) is 3.99. The van der Waals surface area contributed by atoms with E-state index < -0.39 is 16.1 Å². The molecule has 0 radical (unpaired) electrons. The highest BCUT2D eigenvalue weighted by atomic mass is 32.2. The van der Waals surface area contributed by atoms with Crippen molar-refractivity contribution in [3.8, 4) is 0 Å². The first-order valence-electron chi connectivity index (χ1n) is 7.95. The van der Waals surface area contributed by atoms with E-state index in [-0.39, 0.29) is 11.7 Å². The van der Waals surface area contributed by atoms with Gasteiger partial charge in [-0.15, -0.1) is 0 Å². The van der Waals surface area contributed by atoms with Crippen LogP contribution in [0.15, 0.2) is 18.6 Å². The molecule has 0 N–H and O–H groups in total. The highest BCUT2D eigenvalue weighted by Crippen LogP contribution is 2.24. The number of amides is 1. The first-order valence-corrected chi connectivity index (χ1v) is 9.56. The largest absolute Gasteiger partial charge is 0.338 e. The number of unbranched alkanes of at least 4 members (excludes halogenated alkanes) is 1. The molecule has 0 bridgehead atoms. The summed E-state index contributed by atoms with van der Waals surface area (Å²) in [7, 11) is -1.69. The predicted molar refractivity (Wildman–Crippen MR) is 86.9 cm³/mol. The summed E-state index contributed by atoms with van der Waals surface area (Å²) in [5, 5.41) is 0. The number of hydrogen-bond donors (Lipinski definition) is 0. The van der Waals surface area contributed by atoms with Crippen LogP contribution in [-0.4, -0.2) is 58.9 Å². The molecule has 0 aromatic carbocycles. The summed E-state index contributed by atoms with van der Waals surface area (Å²) in [5.41, 5.74) is 0.682. The molecule has 1 aromatic rings. The number of carbonyl (C=O) groups excluding carboxylic acids is 1. The fourth-order valence-corrected chi connectivity index (χ4v) is 4.63. The Morgan fingerprint density at radius 1 is 1.43 bits per heavy atom. The van der Waals surface area contributed by atoms with Crippen LogP contribution >= 0.6 is 0 Å². The van der Waals surface area contributed by atoms with Gasteiger partial charge in [-0.1, -0.05) is 13.3 Å². The Labute approximate surface area is 137 Å². The minimum Gasteiger partial charge on any atom is -0.338 e. The molecule has 23 heavy (non-hydrogen) atoms. The number of likely N-dealkylation sites (N-methyl/N-ethyl adjacent to an activating group) is 1. The zero-order valence-corrected chi connectivity index (χ0v) is 14.5. The maximum absolute atomic E-state index is 12.7. The highest BCUT2D eigenvalue weighted by molar-refractivity contribution is 7.89. The molecule has 1 aliphatic heterocycles. The van der Waals surface area contributed by atoms with Crippen molar-refractivity contribution in [3.63, 3.8) is 0 Å². The van der Waals surface area contributed by atoms with Gasteiger partial charge in [0.25, 0.3) is 0 Å². The first-order chi connectivity index (χ1) is 11.0. The summed E-state index contributed by atoms with van der Waals surface area (Å²) in [6.45, 7) is 2.71. The predicted octanol–water partition coefficient (Wildman–Crippen LogP) is 1.03. The smallest absolute Gasteiger partial charge is 0.241 e. The van der Waals surface area contributed by atoms with Gasteiger partial charge in [-0.05, 0) is 19.3 Å². The van der Waals surface area contributed by atoms with Gasteiger partial charge in [0.1, 0.15) is 6.04 Å². The standard InChI is InChI=1S/C15H24N4O3S/c1-3-4-10-23(21,22)19-9-5-6-14(19)15(20)18(2)12-13-11-16-7-8-17-13/h7-8,11,14H,3-6,9-10,12H2,1-2H3. The van der Waals surface area contributed by atoms with Crippen LogP contribution in [0.1, 0.15) is 38.3 Å². The van der Waals surface area contributed by atoms with Gasteiger partial charge in [0.2, 0.25) is 15.9 Å². The molecule has 1 saturated heterocycles. The zero-order chi connectivity index (χ0) is 16.9. The topological polar surface area (TPSA) is 83.5 Å². The van der Waals surface area contributed by atoms with E-state index in [0.29, 0.717) is 31.6 Å². The molecular formula is C15H24N4O3S. The Morgan fingerprint density at radius 2 is 2.22 bits per heavy atom. The second-order valence-electron chi connectivity index (χ2n) is 5.83. The second kappa shape index (κ2) is 7.83. The summed E-state index contributed by atoms with van der Waals surface area (Å²) >= 11 is 0. The second-order valence-corrected chi connectivity index (χ2v) is 7.87. The van der Waals surface area contributed by atoms with Crippen LogP contribution in [0.4, 0.5) is 0 Å². The lowest BCUT2D eigenvalue weighted by atomic mass is 10.2. The van der Waals surface area contributed by atoms with E-state index >= 15 is 0 Å². The quantitative estimate of drug-likeness (QED) is 0.740. The lowest BCUT2D eigenvalue weighted by Gasteiger charge is -2.27. The molecule has 1 aromatic heterocycles. The lowest BCUT2D eigenvalue weighted by molar-refractivity contribution is -0.133. The van der Waals surface area contributed by atoms with E-state index in [2.05, 4.69) is 9.97 Å². The normalized spacial score (nSPS) is 19.0. The molecule has 1 amide bonds. The Bertz CT molecular complexity index is 621. The molecule has 0 aliphatic carbocycles. The van der Waals surface area contributed by atoms with E-state index in [4.69, 9.17) is 0 Å². The fourth-order valence-electron chi connectivity index (χ4n) is 2.75. The Morgan fingerprint density at radius 3 is 2.87 bits per heavy atom. The molecule has 2 heterocycles. The van der Waals surface area contributed by atoms with Crippen molar-refractivity contribution in [1.29, 1.82) is 0 Å². The number of carbonyl (C=O) groups is 1. The summed E-state index contributed by atoms with van der Waals surface area (Å²) < 4.78 is 26.2. The van der Waals surface area contributed by atoms with Crippen molar-refractivity contribution < 1.29 is 13.2 Å². The zero-order valence-electron chi connectivity index (χ0n) is 13.7. The summed E-state index contributed by atoms with van der Waals surface area (Å²) in [6.07, 6.45) is 7.49. The van der Waals surface area contributed by atoms with E-state index in [0.717, 1.165) is 12.8 Å². The molecule has 1 fully saturated rings. The van der Waals surface area contributed by atoms with E-state index in [1.807, 2.05) is 6.92 Å². The highest BCUT2D eigenvalue weighted by Gasteiger charge is 2.39. The Kier molecular flexibility index (Phi) is 6.06. The van der Waals surface area contributed by atoms with Gasteiger partial charge in [-0.25, -0.2) is 8.42 Å². The van der Waals surface area contributed by atoms with Gasteiger partial charge >= 0.3 is 0 Å². The SMILES string of the molecule is CCCCS(=O)(=O)N1CCCC1C(=O)N(C)Cc1cnccn1. The van der Waals surface area contributed by atoms with E-state index in [1.165, 1.54) is 9.21 Å². The molecule has 128 valence electrons. The van der Waals surface area contributed by atoms with Gasteiger partial charge in [-0.2, -0.15) is 4.31 Å². The average Bonchev–Trinajstić information content (AvgIpc) is 3.03. The molecule has 7 nitrogen and oxygen atoms in total. The third kappa shape index (κ3) is 4.48. The molecule has 1 atom stereocenters. The van der Waals surface area contributed by atoms with Crippen molar-refractivity contribution in [3.05, 3.63) is 24.3 Å². The molecule has 1 unspecified atom stereocenters. The monoisotopic (exact) mass is 340 g/mol. The minimum absolute atomic E-state index is 0.112. The van der Waals surface area contributed by atoms with E-state index in [9.17, 15) is 13.2 Å². The molecule has 0 saturated carbocycles. The molecular weight excluding hydrogens is 316 g/mol. The summed E-state index contributed by atoms with van der Waals surface area (Å²) in [6, 6.07) is -0.585. The van der Waals surface area contributed by atoms with Crippen LogP contribution in [0.3, 0.4) is 0 Å². The maximum atomic E-state index is 12.7. The van der Waals surface area contributed by atoms with Crippen LogP contribution < -0.4 is 0 Å². The summed E-state index contributed by atoms with van der Waals surface area (Å²) in [4.78, 5) is 22.3. The van der Waals surface area contributed by atoms with Gasteiger partial charge < -0.3 is 4.90 Å². The lowest BCUT2D eigenvalue weighted by Crippen LogP contribution is -2.47. The number of rotatable bonds is 7. The third-order valence-corrected chi connectivity index (χ3v) is 5.95. The van der Waals surface area contributed by atoms with Crippen LogP contribution in [0.2, 0.25) is 0 Å². The molecule has 8 heteroatoms. The van der Waals surface area contributed by atoms with Gasteiger partial charge in [0.05, 0.1) is 24.2 Å². The van der Waals surface area contributed by atoms with Gasteiger partial charge in [0, 0.05) is 26.0 Å². The molecule has 1 aliphatic rings. The first kappa shape index (κ1) is 17.8. The van der Waals surface area contributed by atoms with Crippen molar-refractivity contribution in [2.24, 2.45) is 0 Å². The van der Waals surface area contributed by atoms with Gasteiger partial charge in [-0.3, -0.25) is 14.8 Å². The van der Waals surface area contributed by atoms with Crippen LogP contribution in [-0.2, 0) is 21.4 Å². The van der Waals surface area contributed by atoms with E-state index in [1.54, 1.807) is 25.6 Å². The summed E-state index contributed by atoms with van der Waals surface area (Å²) in [5.74, 6) is -0.0607. The number of hydrogen-bond acceptors (Lipinski definition) is 5. The Hall–Kier alpha value is -1.54. The average molecular weight is 340 g/mol. The number of nitrogens with zero attached hydrogens (tertiary/aromatic N) is 4. The van der Waals surface area contributed by atoms with Crippen LogP contribution in [0, 0.1) is 0 Å².